The molecule has 0 spiro atoms. The minimum absolute atomic E-state index is 0.0300. The van der Waals surface area contributed by atoms with Crippen molar-refractivity contribution in [2.75, 3.05) is 30.8 Å². The zero-order valence-corrected chi connectivity index (χ0v) is 17.0. The van der Waals surface area contributed by atoms with Gasteiger partial charge in [0.25, 0.3) is 5.91 Å². The third kappa shape index (κ3) is 4.05. The van der Waals surface area contributed by atoms with Gasteiger partial charge in [0.2, 0.25) is 5.91 Å². The minimum atomic E-state index is -0.154. The summed E-state index contributed by atoms with van der Waals surface area (Å²) in [5.41, 5.74) is 2.66. The van der Waals surface area contributed by atoms with E-state index in [9.17, 15) is 9.59 Å². The number of hydrogen-bond donors (Lipinski definition) is 3. The fourth-order valence-corrected chi connectivity index (χ4v) is 5.11. The SMILES string of the molecule is COc1ccc(NC(C)=O)cc1NC(=O)C[NH+]1CCc2sccc2[C@H]1C1CC1. The number of rotatable bonds is 6. The van der Waals surface area contributed by atoms with Crippen LogP contribution in [0.5, 0.6) is 5.75 Å². The normalized spacial score (nSPS) is 20.9. The van der Waals surface area contributed by atoms with Crippen molar-refractivity contribution in [3.8, 4) is 5.75 Å². The van der Waals surface area contributed by atoms with Crippen LogP contribution in [0.1, 0.15) is 36.2 Å². The molecule has 1 aliphatic heterocycles. The summed E-state index contributed by atoms with van der Waals surface area (Å²) in [5, 5.41) is 7.91. The maximum Gasteiger partial charge on any atom is 0.279 e. The highest BCUT2D eigenvalue weighted by atomic mass is 32.1. The molecule has 2 aliphatic rings. The largest absolute Gasteiger partial charge is 0.495 e. The zero-order chi connectivity index (χ0) is 19.7. The summed E-state index contributed by atoms with van der Waals surface area (Å²) in [5.74, 6) is 1.10. The van der Waals surface area contributed by atoms with E-state index in [2.05, 4.69) is 22.1 Å². The first-order valence-electron chi connectivity index (χ1n) is 9.71. The van der Waals surface area contributed by atoms with Crippen molar-refractivity contribution in [1.29, 1.82) is 0 Å². The van der Waals surface area contributed by atoms with Gasteiger partial charge in [-0.05, 0) is 42.5 Å². The second-order valence-electron chi connectivity index (χ2n) is 7.59. The predicted octanol–water partition coefficient (Wildman–Crippen LogP) is 2.25. The molecule has 1 fully saturated rings. The smallest absolute Gasteiger partial charge is 0.279 e. The van der Waals surface area contributed by atoms with Crippen molar-refractivity contribution < 1.29 is 19.2 Å². The molecule has 7 heteroatoms. The standard InChI is InChI=1S/C21H25N3O3S/c1-13(25)22-15-5-6-18(27-2)17(11-15)23-20(26)12-24-9-7-19-16(8-10-28-19)21(24)14-3-4-14/h5-6,8,10-11,14,21H,3-4,7,9,12H2,1-2H3,(H,22,25)(H,23,26)/p+1/t21-/m1/s1. The van der Waals surface area contributed by atoms with E-state index in [1.54, 1.807) is 25.3 Å². The van der Waals surface area contributed by atoms with Crippen LogP contribution in [0.3, 0.4) is 0 Å². The van der Waals surface area contributed by atoms with Crippen molar-refractivity contribution in [1.82, 2.24) is 0 Å². The van der Waals surface area contributed by atoms with Crippen LogP contribution in [0.15, 0.2) is 29.6 Å². The lowest BCUT2D eigenvalue weighted by Crippen LogP contribution is -3.14. The van der Waals surface area contributed by atoms with Gasteiger partial charge in [-0.3, -0.25) is 9.59 Å². The predicted molar refractivity (Wildman–Crippen MR) is 110 cm³/mol. The first-order chi connectivity index (χ1) is 13.5. The molecule has 2 heterocycles. The number of carbonyl (C=O) groups excluding carboxylic acids is 2. The third-order valence-electron chi connectivity index (χ3n) is 5.50. The second-order valence-corrected chi connectivity index (χ2v) is 8.59. The maximum absolute atomic E-state index is 12.8. The Morgan fingerprint density at radius 2 is 2.07 bits per heavy atom. The number of ether oxygens (including phenoxy) is 1. The van der Waals surface area contributed by atoms with Crippen molar-refractivity contribution in [3.63, 3.8) is 0 Å². The van der Waals surface area contributed by atoms with Gasteiger partial charge in [0, 0.05) is 35.4 Å². The lowest BCUT2D eigenvalue weighted by Gasteiger charge is -2.32. The average molecular weight is 401 g/mol. The molecular formula is C21H26N3O3S+. The number of anilines is 2. The van der Waals surface area contributed by atoms with Gasteiger partial charge in [0.1, 0.15) is 11.8 Å². The number of carbonyl (C=O) groups is 2. The van der Waals surface area contributed by atoms with Crippen LogP contribution in [-0.2, 0) is 16.0 Å². The molecule has 1 unspecified atom stereocenters. The van der Waals surface area contributed by atoms with Crippen molar-refractivity contribution in [2.45, 2.75) is 32.2 Å². The second kappa shape index (κ2) is 7.93. The Hall–Kier alpha value is -2.38. The Bertz CT molecular complexity index is 891. The summed E-state index contributed by atoms with van der Waals surface area (Å²) < 4.78 is 5.37. The summed E-state index contributed by atoms with van der Waals surface area (Å²) in [4.78, 5) is 27.0. The van der Waals surface area contributed by atoms with E-state index in [-0.39, 0.29) is 11.8 Å². The highest BCUT2D eigenvalue weighted by molar-refractivity contribution is 7.10. The van der Waals surface area contributed by atoms with E-state index >= 15 is 0 Å². The Morgan fingerprint density at radius 3 is 2.79 bits per heavy atom. The number of benzene rings is 1. The van der Waals surface area contributed by atoms with Crippen molar-refractivity contribution in [2.24, 2.45) is 5.92 Å². The van der Waals surface area contributed by atoms with E-state index in [0.29, 0.717) is 35.6 Å². The Morgan fingerprint density at radius 1 is 1.25 bits per heavy atom. The number of amides is 2. The van der Waals surface area contributed by atoms with Gasteiger partial charge < -0.3 is 20.3 Å². The van der Waals surface area contributed by atoms with E-state index in [1.165, 1.54) is 35.1 Å². The number of nitrogens with one attached hydrogen (secondary N) is 3. The third-order valence-corrected chi connectivity index (χ3v) is 6.50. The van der Waals surface area contributed by atoms with Crippen molar-refractivity contribution in [3.05, 3.63) is 40.1 Å². The average Bonchev–Trinajstić information content (AvgIpc) is 3.37. The van der Waals surface area contributed by atoms with Gasteiger partial charge in [-0.25, -0.2) is 0 Å². The quantitative estimate of drug-likeness (QED) is 0.696. The van der Waals surface area contributed by atoms with E-state index in [0.717, 1.165) is 13.0 Å². The first-order valence-corrected chi connectivity index (χ1v) is 10.6. The van der Waals surface area contributed by atoms with Gasteiger partial charge >= 0.3 is 0 Å². The van der Waals surface area contributed by atoms with Gasteiger partial charge in [0.15, 0.2) is 6.54 Å². The Balaban J connectivity index is 1.48. The van der Waals surface area contributed by atoms with E-state index in [1.807, 2.05) is 11.3 Å². The highest BCUT2D eigenvalue weighted by Gasteiger charge is 2.43. The fraction of sp³-hybridized carbons (Fsp3) is 0.429. The number of quaternary nitrogens is 1. The number of thiophene rings is 1. The minimum Gasteiger partial charge on any atom is -0.495 e. The maximum atomic E-state index is 12.8. The van der Waals surface area contributed by atoms with Crippen LogP contribution < -0.4 is 20.3 Å². The summed E-state index contributed by atoms with van der Waals surface area (Å²) in [7, 11) is 1.57. The molecule has 1 saturated carbocycles. The van der Waals surface area contributed by atoms with Crippen LogP contribution in [0, 0.1) is 5.92 Å². The van der Waals surface area contributed by atoms with Gasteiger partial charge in [0.05, 0.1) is 19.3 Å². The molecule has 28 heavy (non-hydrogen) atoms. The van der Waals surface area contributed by atoms with Gasteiger partial charge in [-0.2, -0.15) is 0 Å². The Kier molecular flexibility index (Phi) is 5.37. The van der Waals surface area contributed by atoms with Gasteiger partial charge in [-0.15, -0.1) is 11.3 Å². The molecule has 2 aromatic rings. The summed E-state index contributed by atoms with van der Waals surface area (Å²) in [6, 6.07) is 7.93. The van der Waals surface area contributed by atoms with Crippen molar-refractivity contribution >= 4 is 34.5 Å². The molecule has 1 aromatic heterocycles. The molecule has 6 nitrogen and oxygen atoms in total. The van der Waals surface area contributed by atoms with Gasteiger partial charge in [-0.1, -0.05) is 0 Å². The topological polar surface area (TPSA) is 71.9 Å². The molecule has 3 N–H and O–H groups in total. The molecule has 0 bridgehead atoms. The molecule has 0 radical (unpaired) electrons. The van der Waals surface area contributed by atoms with E-state index < -0.39 is 0 Å². The van der Waals surface area contributed by atoms with Crippen LogP contribution in [-0.4, -0.2) is 32.0 Å². The zero-order valence-electron chi connectivity index (χ0n) is 16.2. The fourth-order valence-electron chi connectivity index (χ4n) is 4.18. The molecular weight excluding hydrogens is 374 g/mol. The highest BCUT2D eigenvalue weighted by Crippen LogP contribution is 2.42. The monoisotopic (exact) mass is 400 g/mol. The first kappa shape index (κ1) is 19.0. The van der Waals surface area contributed by atoms with Crippen LogP contribution in [0.2, 0.25) is 0 Å². The molecule has 2 atom stereocenters. The van der Waals surface area contributed by atoms with Crippen LogP contribution in [0.4, 0.5) is 11.4 Å². The van der Waals surface area contributed by atoms with Crippen LogP contribution >= 0.6 is 11.3 Å². The number of methoxy groups -OCH3 is 1. The summed E-state index contributed by atoms with van der Waals surface area (Å²) in [6.07, 6.45) is 3.56. The molecule has 0 saturated heterocycles. The molecule has 2 amide bonds. The van der Waals surface area contributed by atoms with Crippen LogP contribution in [0.25, 0.3) is 0 Å². The lowest BCUT2D eigenvalue weighted by atomic mass is 9.96. The number of hydrogen-bond acceptors (Lipinski definition) is 4. The summed E-state index contributed by atoms with van der Waals surface area (Å²) >= 11 is 1.84. The molecule has 4 rings (SSSR count). The molecule has 1 aliphatic carbocycles. The summed E-state index contributed by atoms with van der Waals surface area (Å²) in [6.45, 7) is 2.88. The lowest BCUT2D eigenvalue weighted by molar-refractivity contribution is -0.928. The molecule has 148 valence electrons. The number of fused-ring (bicyclic) bond motifs is 1. The van der Waals surface area contributed by atoms with E-state index in [4.69, 9.17) is 4.74 Å². The Labute approximate surface area is 168 Å². The molecule has 1 aromatic carbocycles.